The molecule has 4 nitrogen and oxygen atoms in total. The third kappa shape index (κ3) is 4.38. The van der Waals surface area contributed by atoms with Crippen LogP contribution in [0.15, 0.2) is 47.1 Å². The van der Waals surface area contributed by atoms with Gasteiger partial charge in [0.2, 0.25) is 0 Å². The van der Waals surface area contributed by atoms with Crippen molar-refractivity contribution in [3.05, 3.63) is 54.0 Å². The molecular weight excluding hydrogens is 264 g/mol. The van der Waals surface area contributed by atoms with E-state index in [-0.39, 0.29) is 18.0 Å². The van der Waals surface area contributed by atoms with Crippen LogP contribution in [0.5, 0.6) is 0 Å². The standard InChI is InChI=1S/C17H22N2O2/c1-12(2)18-16-9-5-4-8-15(16)17(20)19-13(3)11-14-7-6-10-21-14/h4-10,12-13,18H,11H2,1-3H3,(H,19,20). The highest BCUT2D eigenvalue weighted by atomic mass is 16.3. The Labute approximate surface area is 125 Å². The van der Waals surface area contributed by atoms with Crippen molar-refractivity contribution in [3.8, 4) is 0 Å². The van der Waals surface area contributed by atoms with Gasteiger partial charge in [-0.25, -0.2) is 0 Å². The summed E-state index contributed by atoms with van der Waals surface area (Å²) in [6.45, 7) is 6.07. The molecule has 2 rings (SSSR count). The summed E-state index contributed by atoms with van der Waals surface area (Å²) >= 11 is 0. The summed E-state index contributed by atoms with van der Waals surface area (Å²) in [5.41, 5.74) is 1.52. The van der Waals surface area contributed by atoms with Crippen LogP contribution < -0.4 is 10.6 Å². The lowest BCUT2D eigenvalue weighted by atomic mass is 10.1. The second-order valence-electron chi connectivity index (χ2n) is 5.50. The largest absolute Gasteiger partial charge is 0.469 e. The van der Waals surface area contributed by atoms with Crippen LogP contribution >= 0.6 is 0 Å². The summed E-state index contributed by atoms with van der Waals surface area (Å²) in [5.74, 6) is 0.800. The van der Waals surface area contributed by atoms with Gasteiger partial charge in [0.25, 0.3) is 5.91 Å². The van der Waals surface area contributed by atoms with E-state index in [4.69, 9.17) is 4.42 Å². The minimum absolute atomic E-state index is 0.00996. The average Bonchev–Trinajstić information content (AvgIpc) is 2.91. The quantitative estimate of drug-likeness (QED) is 0.855. The van der Waals surface area contributed by atoms with E-state index in [2.05, 4.69) is 10.6 Å². The minimum Gasteiger partial charge on any atom is -0.469 e. The van der Waals surface area contributed by atoms with E-state index in [1.165, 1.54) is 0 Å². The van der Waals surface area contributed by atoms with Gasteiger partial charge in [0, 0.05) is 24.2 Å². The second-order valence-corrected chi connectivity index (χ2v) is 5.50. The molecule has 21 heavy (non-hydrogen) atoms. The maximum atomic E-state index is 12.4. The van der Waals surface area contributed by atoms with Crippen LogP contribution in [0.25, 0.3) is 0 Å². The molecule has 0 saturated carbocycles. The van der Waals surface area contributed by atoms with Gasteiger partial charge < -0.3 is 15.1 Å². The Hall–Kier alpha value is -2.23. The number of rotatable bonds is 6. The topological polar surface area (TPSA) is 54.3 Å². The maximum absolute atomic E-state index is 12.4. The van der Waals surface area contributed by atoms with Crippen molar-refractivity contribution in [1.29, 1.82) is 0 Å². The first-order chi connectivity index (χ1) is 10.1. The SMILES string of the molecule is CC(C)Nc1ccccc1C(=O)NC(C)Cc1ccco1. The molecule has 1 atom stereocenters. The Bertz CT molecular complexity index is 576. The number of para-hydroxylation sites is 1. The third-order valence-electron chi connectivity index (χ3n) is 3.08. The van der Waals surface area contributed by atoms with Crippen LogP contribution in [0.1, 0.15) is 36.9 Å². The predicted molar refractivity (Wildman–Crippen MR) is 84.5 cm³/mol. The summed E-state index contributed by atoms with van der Waals surface area (Å²) in [4.78, 5) is 12.4. The molecule has 0 radical (unpaired) electrons. The molecule has 1 aromatic heterocycles. The lowest BCUT2D eigenvalue weighted by Crippen LogP contribution is -2.34. The molecule has 0 aliphatic heterocycles. The van der Waals surface area contributed by atoms with E-state index >= 15 is 0 Å². The number of benzene rings is 1. The van der Waals surface area contributed by atoms with Gasteiger partial charge in [-0.15, -0.1) is 0 Å². The first-order valence-electron chi connectivity index (χ1n) is 7.25. The molecule has 4 heteroatoms. The van der Waals surface area contributed by atoms with Crippen molar-refractivity contribution in [1.82, 2.24) is 5.32 Å². The first kappa shape index (κ1) is 15.2. The number of carbonyl (C=O) groups excluding carboxylic acids is 1. The lowest BCUT2D eigenvalue weighted by molar-refractivity contribution is 0.0940. The smallest absolute Gasteiger partial charge is 0.253 e. The van der Waals surface area contributed by atoms with Crippen molar-refractivity contribution in [2.45, 2.75) is 39.3 Å². The van der Waals surface area contributed by atoms with E-state index in [1.54, 1.807) is 6.26 Å². The minimum atomic E-state index is -0.0715. The fraction of sp³-hybridized carbons (Fsp3) is 0.353. The summed E-state index contributed by atoms with van der Waals surface area (Å²) < 4.78 is 5.30. The lowest BCUT2D eigenvalue weighted by Gasteiger charge is -2.17. The second kappa shape index (κ2) is 6.97. The van der Waals surface area contributed by atoms with Gasteiger partial charge in [0.1, 0.15) is 5.76 Å². The van der Waals surface area contributed by atoms with Crippen LogP contribution in [0.2, 0.25) is 0 Å². The molecule has 1 amide bonds. The zero-order chi connectivity index (χ0) is 15.2. The third-order valence-corrected chi connectivity index (χ3v) is 3.08. The van der Waals surface area contributed by atoms with Gasteiger partial charge >= 0.3 is 0 Å². The molecule has 2 aromatic rings. The molecule has 1 aromatic carbocycles. The Balaban J connectivity index is 2.02. The van der Waals surface area contributed by atoms with Crippen molar-refractivity contribution in [2.24, 2.45) is 0 Å². The van der Waals surface area contributed by atoms with Crippen molar-refractivity contribution in [3.63, 3.8) is 0 Å². The fourth-order valence-electron chi connectivity index (χ4n) is 2.20. The number of anilines is 1. The van der Waals surface area contributed by atoms with Gasteiger partial charge in [-0.3, -0.25) is 4.79 Å². The fourth-order valence-corrected chi connectivity index (χ4v) is 2.20. The van der Waals surface area contributed by atoms with Crippen molar-refractivity contribution < 1.29 is 9.21 Å². The van der Waals surface area contributed by atoms with Crippen LogP contribution in [0.3, 0.4) is 0 Å². The molecule has 0 aliphatic rings. The Kier molecular flexibility index (Phi) is 5.04. The van der Waals surface area contributed by atoms with E-state index in [0.29, 0.717) is 12.0 Å². The number of furan rings is 1. The van der Waals surface area contributed by atoms with Crippen molar-refractivity contribution in [2.75, 3.05) is 5.32 Å². The zero-order valence-electron chi connectivity index (χ0n) is 12.7. The molecule has 1 unspecified atom stereocenters. The van der Waals surface area contributed by atoms with E-state index in [1.807, 2.05) is 57.2 Å². The number of nitrogens with one attached hydrogen (secondary N) is 2. The number of hydrogen-bond acceptors (Lipinski definition) is 3. The van der Waals surface area contributed by atoms with Crippen LogP contribution in [-0.4, -0.2) is 18.0 Å². The molecule has 112 valence electrons. The molecule has 0 spiro atoms. The van der Waals surface area contributed by atoms with Gasteiger partial charge in [-0.1, -0.05) is 12.1 Å². The predicted octanol–water partition coefficient (Wildman–Crippen LogP) is 3.46. The van der Waals surface area contributed by atoms with Gasteiger partial charge in [0.15, 0.2) is 0 Å². The van der Waals surface area contributed by atoms with E-state index in [0.717, 1.165) is 11.4 Å². The number of amides is 1. The summed E-state index contributed by atoms with van der Waals surface area (Å²) in [5, 5.41) is 6.30. The number of hydrogen-bond donors (Lipinski definition) is 2. The maximum Gasteiger partial charge on any atom is 0.253 e. The molecule has 0 aliphatic carbocycles. The first-order valence-corrected chi connectivity index (χ1v) is 7.25. The highest BCUT2D eigenvalue weighted by molar-refractivity contribution is 5.99. The monoisotopic (exact) mass is 286 g/mol. The highest BCUT2D eigenvalue weighted by Crippen LogP contribution is 2.16. The van der Waals surface area contributed by atoms with Crippen molar-refractivity contribution >= 4 is 11.6 Å². The van der Waals surface area contributed by atoms with Gasteiger partial charge in [0.05, 0.1) is 11.8 Å². The van der Waals surface area contributed by atoms with Gasteiger partial charge in [-0.2, -0.15) is 0 Å². The van der Waals surface area contributed by atoms with Crippen LogP contribution in [-0.2, 0) is 6.42 Å². The van der Waals surface area contributed by atoms with E-state index < -0.39 is 0 Å². The van der Waals surface area contributed by atoms with E-state index in [9.17, 15) is 4.79 Å². The average molecular weight is 286 g/mol. The Morgan fingerprint density at radius 2 is 1.90 bits per heavy atom. The molecular formula is C17H22N2O2. The van der Waals surface area contributed by atoms with Gasteiger partial charge in [-0.05, 0) is 45.0 Å². The molecule has 1 heterocycles. The van der Waals surface area contributed by atoms with Crippen LogP contribution in [0, 0.1) is 0 Å². The Morgan fingerprint density at radius 3 is 2.57 bits per heavy atom. The van der Waals surface area contributed by atoms with Crippen LogP contribution in [0.4, 0.5) is 5.69 Å². The summed E-state index contributed by atoms with van der Waals surface area (Å²) in [6.07, 6.45) is 2.32. The molecule has 0 bridgehead atoms. The molecule has 0 saturated heterocycles. The Morgan fingerprint density at radius 1 is 1.14 bits per heavy atom. The number of carbonyl (C=O) groups is 1. The molecule has 0 fully saturated rings. The summed E-state index contributed by atoms with van der Waals surface area (Å²) in [7, 11) is 0. The normalized spacial score (nSPS) is 12.2. The summed E-state index contributed by atoms with van der Waals surface area (Å²) in [6, 6.07) is 11.6. The molecule has 2 N–H and O–H groups in total. The zero-order valence-corrected chi connectivity index (χ0v) is 12.7. The highest BCUT2D eigenvalue weighted by Gasteiger charge is 2.14.